The quantitative estimate of drug-likeness (QED) is 0.897. The summed E-state index contributed by atoms with van der Waals surface area (Å²) in [4.78, 5) is 12.0. The lowest BCUT2D eigenvalue weighted by Crippen LogP contribution is -2.39. The first kappa shape index (κ1) is 17.5. The first-order valence-corrected chi connectivity index (χ1v) is 7.24. The molecule has 0 aliphatic rings. The predicted molar refractivity (Wildman–Crippen MR) is 84.6 cm³/mol. The molecule has 1 atom stereocenters. The van der Waals surface area contributed by atoms with Gasteiger partial charge in [0.2, 0.25) is 0 Å². The van der Waals surface area contributed by atoms with Crippen molar-refractivity contribution in [3.8, 4) is 5.75 Å². The van der Waals surface area contributed by atoms with E-state index in [0.717, 1.165) is 5.75 Å². The highest BCUT2D eigenvalue weighted by Crippen LogP contribution is 2.19. The molecule has 0 aromatic heterocycles. The molecule has 0 bridgehead atoms. The van der Waals surface area contributed by atoms with E-state index in [2.05, 4.69) is 5.32 Å². The molecule has 0 saturated heterocycles. The van der Waals surface area contributed by atoms with E-state index in [1.807, 2.05) is 41.5 Å². The minimum absolute atomic E-state index is 0.194. The van der Waals surface area contributed by atoms with E-state index in [0.29, 0.717) is 5.56 Å². The number of nitrogens with one attached hydrogen (secondary N) is 1. The molecular weight excluding hydrogens is 266 g/mol. The Kier molecular flexibility index (Phi) is 5.40. The molecule has 0 saturated carbocycles. The maximum atomic E-state index is 12.0. The summed E-state index contributed by atoms with van der Waals surface area (Å²) in [5.74, 6) is 0.536. The summed E-state index contributed by atoms with van der Waals surface area (Å²) in [7, 11) is 0. The first-order chi connectivity index (χ1) is 9.49. The Morgan fingerprint density at radius 1 is 1.14 bits per heavy atom. The monoisotopic (exact) mass is 293 g/mol. The van der Waals surface area contributed by atoms with Gasteiger partial charge >= 0.3 is 0 Å². The second-order valence-electron chi connectivity index (χ2n) is 7.33. The summed E-state index contributed by atoms with van der Waals surface area (Å²) in [5.41, 5.74) is 0.0375. The molecular formula is C17H27NO3. The van der Waals surface area contributed by atoms with Gasteiger partial charge in [0.05, 0.1) is 6.10 Å². The molecule has 1 aromatic carbocycles. The number of benzene rings is 1. The van der Waals surface area contributed by atoms with Crippen molar-refractivity contribution in [2.24, 2.45) is 5.41 Å². The number of ether oxygens (including phenoxy) is 1. The summed E-state index contributed by atoms with van der Waals surface area (Å²) in [6.07, 6.45) is -0.579. The zero-order chi connectivity index (χ0) is 16.3. The van der Waals surface area contributed by atoms with Crippen molar-refractivity contribution in [1.29, 1.82) is 0 Å². The van der Waals surface area contributed by atoms with E-state index in [-0.39, 0.29) is 23.5 Å². The number of hydrogen-bond donors (Lipinski definition) is 2. The maximum absolute atomic E-state index is 12.0. The minimum atomic E-state index is -0.579. The van der Waals surface area contributed by atoms with Crippen LogP contribution < -0.4 is 10.1 Å². The van der Waals surface area contributed by atoms with Crippen molar-refractivity contribution in [2.45, 2.75) is 53.2 Å². The highest BCUT2D eigenvalue weighted by molar-refractivity contribution is 5.94. The van der Waals surface area contributed by atoms with Crippen molar-refractivity contribution >= 4 is 5.91 Å². The molecule has 1 amide bonds. The Morgan fingerprint density at radius 3 is 2.10 bits per heavy atom. The van der Waals surface area contributed by atoms with Crippen LogP contribution in [0.4, 0.5) is 0 Å². The molecule has 2 N–H and O–H groups in total. The molecule has 4 nitrogen and oxygen atoms in total. The van der Waals surface area contributed by atoms with Crippen molar-refractivity contribution < 1.29 is 14.6 Å². The zero-order valence-corrected chi connectivity index (χ0v) is 13.9. The molecule has 0 aliphatic carbocycles. The average Bonchev–Trinajstić information content (AvgIpc) is 2.33. The Bertz CT molecular complexity index is 466. The van der Waals surface area contributed by atoms with E-state index < -0.39 is 6.10 Å². The first-order valence-electron chi connectivity index (χ1n) is 7.24. The normalized spacial score (nSPS) is 13.7. The van der Waals surface area contributed by atoms with Crippen molar-refractivity contribution in [3.05, 3.63) is 29.8 Å². The lowest BCUT2D eigenvalue weighted by molar-refractivity contribution is 0.0587. The van der Waals surface area contributed by atoms with Gasteiger partial charge in [-0.2, -0.15) is 0 Å². The number of amides is 1. The Labute approximate surface area is 127 Å². The molecule has 0 heterocycles. The fourth-order valence-electron chi connectivity index (χ4n) is 1.63. The number of carbonyl (C=O) groups is 1. The number of hydrogen-bond acceptors (Lipinski definition) is 3. The van der Waals surface area contributed by atoms with Crippen LogP contribution in [0.5, 0.6) is 5.75 Å². The summed E-state index contributed by atoms with van der Waals surface area (Å²) in [5, 5.41) is 12.7. The second kappa shape index (κ2) is 6.48. The van der Waals surface area contributed by atoms with Gasteiger partial charge in [-0.05, 0) is 50.5 Å². The van der Waals surface area contributed by atoms with Crippen LogP contribution in [0.1, 0.15) is 51.9 Å². The SMILES string of the molecule is CC(C)(C)Oc1ccc(C(=O)NCC(O)C(C)(C)C)cc1. The standard InChI is InChI=1S/C17H27NO3/c1-16(2,3)14(19)11-18-15(20)12-7-9-13(10-8-12)21-17(4,5)6/h7-10,14,19H,11H2,1-6H3,(H,18,20). The van der Waals surface area contributed by atoms with Gasteiger partial charge in [-0.15, -0.1) is 0 Å². The molecule has 1 unspecified atom stereocenters. The number of rotatable bonds is 4. The van der Waals surface area contributed by atoms with Crippen LogP contribution in [0.15, 0.2) is 24.3 Å². The fourth-order valence-corrected chi connectivity index (χ4v) is 1.63. The number of aliphatic hydroxyl groups excluding tert-OH is 1. The second-order valence-corrected chi connectivity index (χ2v) is 7.33. The third kappa shape index (κ3) is 6.17. The van der Waals surface area contributed by atoms with E-state index in [1.54, 1.807) is 24.3 Å². The average molecular weight is 293 g/mol. The van der Waals surface area contributed by atoms with E-state index >= 15 is 0 Å². The summed E-state index contributed by atoms with van der Waals surface area (Å²) in [6.45, 7) is 12.0. The Hall–Kier alpha value is -1.55. The van der Waals surface area contributed by atoms with Gasteiger partial charge in [0.25, 0.3) is 5.91 Å². The molecule has 0 fully saturated rings. The highest BCUT2D eigenvalue weighted by Gasteiger charge is 2.22. The van der Waals surface area contributed by atoms with E-state index in [9.17, 15) is 9.90 Å². The smallest absolute Gasteiger partial charge is 0.251 e. The van der Waals surface area contributed by atoms with E-state index in [1.165, 1.54) is 0 Å². The van der Waals surface area contributed by atoms with Gasteiger partial charge in [0.15, 0.2) is 0 Å². The van der Waals surface area contributed by atoms with Crippen LogP contribution in [0.3, 0.4) is 0 Å². The lowest BCUT2D eigenvalue weighted by Gasteiger charge is -2.25. The van der Waals surface area contributed by atoms with Gasteiger partial charge in [0, 0.05) is 12.1 Å². The third-order valence-corrected chi connectivity index (χ3v) is 3.00. The molecule has 21 heavy (non-hydrogen) atoms. The number of carbonyl (C=O) groups excluding carboxylic acids is 1. The fraction of sp³-hybridized carbons (Fsp3) is 0.588. The lowest BCUT2D eigenvalue weighted by atomic mass is 9.89. The third-order valence-electron chi connectivity index (χ3n) is 3.00. The van der Waals surface area contributed by atoms with Crippen molar-refractivity contribution in [3.63, 3.8) is 0 Å². The number of aliphatic hydroxyl groups is 1. The maximum Gasteiger partial charge on any atom is 0.251 e. The molecule has 1 rings (SSSR count). The zero-order valence-electron chi connectivity index (χ0n) is 13.9. The molecule has 0 radical (unpaired) electrons. The summed E-state index contributed by atoms with van der Waals surface area (Å²) < 4.78 is 5.71. The molecule has 1 aromatic rings. The van der Waals surface area contributed by atoms with Gasteiger partial charge in [-0.3, -0.25) is 4.79 Å². The van der Waals surface area contributed by atoms with E-state index in [4.69, 9.17) is 4.74 Å². The molecule has 118 valence electrons. The Morgan fingerprint density at radius 2 is 1.67 bits per heavy atom. The van der Waals surface area contributed by atoms with Crippen molar-refractivity contribution in [1.82, 2.24) is 5.32 Å². The van der Waals surface area contributed by atoms with Crippen LogP contribution in [0, 0.1) is 5.41 Å². The van der Waals surface area contributed by atoms with Crippen LogP contribution in [0.25, 0.3) is 0 Å². The topological polar surface area (TPSA) is 58.6 Å². The summed E-state index contributed by atoms with van der Waals surface area (Å²) >= 11 is 0. The predicted octanol–water partition coefficient (Wildman–Crippen LogP) is 3.00. The van der Waals surface area contributed by atoms with Gasteiger partial charge in [-0.1, -0.05) is 20.8 Å². The van der Waals surface area contributed by atoms with Crippen LogP contribution in [-0.4, -0.2) is 29.3 Å². The molecule has 0 spiro atoms. The van der Waals surface area contributed by atoms with Crippen LogP contribution in [0.2, 0.25) is 0 Å². The van der Waals surface area contributed by atoms with Crippen molar-refractivity contribution in [2.75, 3.05) is 6.54 Å². The van der Waals surface area contributed by atoms with Gasteiger partial charge in [-0.25, -0.2) is 0 Å². The molecule has 0 aliphatic heterocycles. The van der Waals surface area contributed by atoms with Gasteiger partial charge in [0.1, 0.15) is 11.4 Å². The highest BCUT2D eigenvalue weighted by atomic mass is 16.5. The van der Waals surface area contributed by atoms with Crippen LogP contribution >= 0.6 is 0 Å². The molecule has 4 heteroatoms. The summed E-state index contributed by atoms with van der Waals surface area (Å²) in [6, 6.07) is 7.00. The minimum Gasteiger partial charge on any atom is -0.488 e. The van der Waals surface area contributed by atoms with Gasteiger partial charge < -0.3 is 15.2 Å². The largest absolute Gasteiger partial charge is 0.488 e. The van der Waals surface area contributed by atoms with Crippen LogP contribution in [-0.2, 0) is 0 Å². The Balaban J connectivity index is 2.60.